The minimum Gasteiger partial charge on any atom is -0.290 e. The van der Waals surface area contributed by atoms with E-state index in [1.807, 2.05) is 12.2 Å². The fourth-order valence-corrected chi connectivity index (χ4v) is 3.35. The molecule has 1 nitrogen and oxygen atoms in total. The van der Waals surface area contributed by atoms with E-state index in [1.165, 1.54) is 88.2 Å². The number of allylic oxidation sites excluding steroid dienone is 4. The number of unbranched alkanes of at least 4 members (excludes halogenated alkanes) is 8. The molecule has 0 bridgehead atoms. The molecule has 0 spiro atoms. The van der Waals surface area contributed by atoms with E-state index < -0.39 is 0 Å². The lowest BCUT2D eigenvalue weighted by molar-refractivity contribution is -0.110. The summed E-state index contributed by atoms with van der Waals surface area (Å²) in [6, 6.07) is 0. The van der Waals surface area contributed by atoms with Gasteiger partial charge in [0.2, 0.25) is 0 Å². The third-order valence-corrected chi connectivity index (χ3v) is 5.10. The maximum Gasteiger partial charge on any atom is 0.178 e. The molecule has 0 aromatic heterocycles. The second kappa shape index (κ2) is 18.9. The van der Waals surface area contributed by atoms with Crippen molar-refractivity contribution in [1.82, 2.24) is 0 Å². The van der Waals surface area contributed by atoms with Gasteiger partial charge in [-0.05, 0) is 63.5 Å². The first-order valence-corrected chi connectivity index (χ1v) is 11.6. The summed E-state index contributed by atoms with van der Waals surface area (Å²) in [7, 11) is 0. The van der Waals surface area contributed by atoms with Crippen molar-refractivity contribution in [3.8, 4) is 0 Å². The summed E-state index contributed by atoms with van der Waals surface area (Å²) in [5.74, 6) is 0.244. The lowest BCUT2D eigenvalue weighted by atomic mass is 9.97. The molecule has 0 aliphatic carbocycles. The average molecular weight is 363 g/mol. The van der Waals surface area contributed by atoms with Crippen molar-refractivity contribution in [3.05, 3.63) is 23.3 Å². The third kappa shape index (κ3) is 15.4. The molecule has 0 amide bonds. The van der Waals surface area contributed by atoms with Crippen LogP contribution in [0.5, 0.6) is 0 Å². The Bertz CT molecular complexity index is 353. The van der Waals surface area contributed by atoms with Crippen LogP contribution in [0.2, 0.25) is 0 Å². The van der Waals surface area contributed by atoms with E-state index in [-0.39, 0.29) is 5.78 Å². The summed E-state index contributed by atoms with van der Waals surface area (Å²) < 4.78 is 0. The summed E-state index contributed by atoms with van der Waals surface area (Å²) in [6.07, 6.45) is 23.4. The Morgan fingerprint density at radius 3 is 1.19 bits per heavy atom. The smallest absolute Gasteiger partial charge is 0.178 e. The fraction of sp³-hybridized carbons (Fsp3) is 0.800. The van der Waals surface area contributed by atoms with Crippen LogP contribution in [0.25, 0.3) is 0 Å². The van der Waals surface area contributed by atoms with Crippen LogP contribution in [0.4, 0.5) is 0 Å². The van der Waals surface area contributed by atoms with Gasteiger partial charge >= 0.3 is 0 Å². The molecular formula is C25H46O. The first-order chi connectivity index (χ1) is 12.7. The highest BCUT2D eigenvalue weighted by molar-refractivity contribution is 6.00. The van der Waals surface area contributed by atoms with Gasteiger partial charge in [0.05, 0.1) is 0 Å². The van der Waals surface area contributed by atoms with Gasteiger partial charge in [-0.15, -0.1) is 0 Å². The van der Waals surface area contributed by atoms with Gasteiger partial charge in [-0.2, -0.15) is 0 Å². The van der Waals surface area contributed by atoms with E-state index in [9.17, 15) is 4.79 Å². The lowest BCUT2D eigenvalue weighted by Gasteiger charge is -2.08. The molecule has 0 N–H and O–H groups in total. The quantitative estimate of drug-likeness (QED) is 0.176. The van der Waals surface area contributed by atoms with Crippen LogP contribution in [0, 0.1) is 0 Å². The van der Waals surface area contributed by atoms with Gasteiger partial charge in [0.1, 0.15) is 0 Å². The van der Waals surface area contributed by atoms with Crippen LogP contribution in [0.1, 0.15) is 130 Å². The second-order valence-corrected chi connectivity index (χ2v) is 7.84. The number of ketones is 1. The van der Waals surface area contributed by atoms with Gasteiger partial charge < -0.3 is 0 Å². The zero-order chi connectivity index (χ0) is 19.5. The molecule has 0 fully saturated rings. The van der Waals surface area contributed by atoms with Crippen molar-refractivity contribution >= 4 is 5.78 Å². The van der Waals surface area contributed by atoms with E-state index in [1.54, 1.807) is 0 Å². The third-order valence-electron chi connectivity index (χ3n) is 5.10. The average Bonchev–Trinajstić information content (AvgIpc) is 2.64. The van der Waals surface area contributed by atoms with Gasteiger partial charge in [0.25, 0.3) is 0 Å². The first-order valence-electron chi connectivity index (χ1n) is 11.6. The van der Waals surface area contributed by atoms with Gasteiger partial charge in [-0.1, -0.05) is 90.2 Å². The molecule has 1 heteroatoms. The molecule has 0 aromatic rings. The van der Waals surface area contributed by atoms with E-state index in [0.29, 0.717) is 0 Å². The molecule has 0 atom stereocenters. The molecule has 0 aliphatic heterocycles. The SMILES string of the molecule is CCCCCCC(=CC(=O)C=C(CCCC)CCCCCC)CCCC. The first kappa shape index (κ1) is 25.1. The van der Waals surface area contributed by atoms with Crippen LogP contribution in [-0.2, 0) is 4.79 Å². The van der Waals surface area contributed by atoms with E-state index in [4.69, 9.17) is 0 Å². The summed E-state index contributed by atoms with van der Waals surface area (Å²) in [5.41, 5.74) is 2.76. The predicted octanol–water partition coefficient (Wildman–Crippen LogP) is 8.73. The largest absolute Gasteiger partial charge is 0.290 e. The van der Waals surface area contributed by atoms with Crippen molar-refractivity contribution in [2.24, 2.45) is 0 Å². The van der Waals surface area contributed by atoms with E-state index >= 15 is 0 Å². The van der Waals surface area contributed by atoms with Crippen molar-refractivity contribution in [2.75, 3.05) is 0 Å². The number of rotatable bonds is 18. The maximum absolute atomic E-state index is 12.6. The molecular weight excluding hydrogens is 316 g/mol. The molecule has 0 radical (unpaired) electrons. The lowest BCUT2D eigenvalue weighted by Crippen LogP contribution is -1.96. The molecule has 0 aromatic carbocycles. The Kier molecular flexibility index (Phi) is 18.3. The highest BCUT2D eigenvalue weighted by atomic mass is 16.1. The number of hydrogen-bond acceptors (Lipinski definition) is 1. The van der Waals surface area contributed by atoms with Crippen LogP contribution in [0.3, 0.4) is 0 Å². The molecule has 26 heavy (non-hydrogen) atoms. The molecule has 152 valence electrons. The van der Waals surface area contributed by atoms with Gasteiger partial charge in [0, 0.05) is 0 Å². The highest BCUT2D eigenvalue weighted by Gasteiger charge is 2.04. The Balaban J connectivity index is 4.77. The molecule has 0 saturated carbocycles. The number of hydrogen-bond donors (Lipinski definition) is 0. The van der Waals surface area contributed by atoms with Crippen molar-refractivity contribution in [2.45, 2.75) is 130 Å². The van der Waals surface area contributed by atoms with Crippen molar-refractivity contribution < 1.29 is 4.79 Å². The summed E-state index contributed by atoms with van der Waals surface area (Å²) >= 11 is 0. The standard InChI is InChI=1S/C25H46O/c1-5-9-13-15-19-23(17-11-7-3)21-25(26)22-24(18-12-8-4)20-16-14-10-6-2/h21-22H,5-20H2,1-4H3. The number of carbonyl (C=O) groups is 1. The van der Waals surface area contributed by atoms with Crippen molar-refractivity contribution in [1.29, 1.82) is 0 Å². The second-order valence-electron chi connectivity index (χ2n) is 7.84. The van der Waals surface area contributed by atoms with Crippen LogP contribution >= 0.6 is 0 Å². The van der Waals surface area contributed by atoms with Crippen molar-refractivity contribution in [3.63, 3.8) is 0 Å². The zero-order valence-electron chi connectivity index (χ0n) is 18.4. The monoisotopic (exact) mass is 362 g/mol. The molecule has 0 unspecified atom stereocenters. The molecule has 0 rings (SSSR count). The van der Waals surface area contributed by atoms with Gasteiger partial charge in [0.15, 0.2) is 5.78 Å². The molecule has 0 saturated heterocycles. The van der Waals surface area contributed by atoms with Crippen LogP contribution < -0.4 is 0 Å². The van der Waals surface area contributed by atoms with Gasteiger partial charge in [-0.3, -0.25) is 4.79 Å². The number of carbonyl (C=O) groups excluding carboxylic acids is 1. The van der Waals surface area contributed by atoms with E-state index in [0.717, 1.165) is 25.7 Å². The molecule has 0 heterocycles. The summed E-state index contributed by atoms with van der Waals surface area (Å²) in [6.45, 7) is 8.96. The Labute approximate surface area is 164 Å². The normalized spacial score (nSPS) is 12.6. The highest BCUT2D eigenvalue weighted by Crippen LogP contribution is 2.19. The Morgan fingerprint density at radius 2 is 0.846 bits per heavy atom. The Morgan fingerprint density at radius 1 is 0.500 bits per heavy atom. The molecule has 0 aliphatic rings. The van der Waals surface area contributed by atoms with Crippen LogP contribution in [0.15, 0.2) is 23.3 Å². The maximum atomic E-state index is 12.6. The van der Waals surface area contributed by atoms with Gasteiger partial charge in [-0.25, -0.2) is 0 Å². The topological polar surface area (TPSA) is 17.1 Å². The summed E-state index contributed by atoms with van der Waals surface area (Å²) in [4.78, 5) is 12.6. The summed E-state index contributed by atoms with van der Waals surface area (Å²) in [5, 5.41) is 0. The zero-order valence-corrected chi connectivity index (χ0v) is 18.4. The van der Waals surface area contributed by atoms with E-state index in [2.05, 4.69) is 27.7 Å². The van der Waals surface area contributed by atoms with Crippen LogP contribution in [-0.4, -0.2) is 5.78 Å². The predicted molar refractivity (Wildman–Crippen MR) is 118 cm³/mol. The Hall–Kier alpha value is -0.850. The fourth-order valence-electron chi connectivity index (χ4n) is 3.35. The minimum absolute atomic E-state index is 0.244. The minimum atomic E-state index is 0.244.